The first-order chi connectivity index (χ1) is 15.8. The molecule has 33 heavy (non-hydrogen) atoms. The molecule has 0 aliphatic heterocycles. The summed E-state index contributed by atoms with van der Waals surface area (Å²) in [6.45, 7) is 4.63. The van der Waals surface area contributed by atoms with Crippen molar-refractivity contribution in [2.45, 2.75) is 142 Å². The lowest BCUT2D eigenvalue weighted by atomic mass is 10.1. The minimum atomic E-state index is -3.55. The molecule has 2 atom stereocenters. The lowest BCUT2D eigenvalue weighted by Gasteiger charge is -2.35. The van der Waals surface area contributed by atoms with Crippen molar-refractivity contribution in [3.05, 3.63) is 12.2 Å². The molecule has 0 radical (unpaired) electrons. The van der Waals surface area contributed by atoms with Crippen LogP contribution in [0.1, 0.15) is 136 Å². The summed E-state index contributed by atoms with van der Waals surface area (Å²) < 4.78 is 18.4. The minimum Gasteiger partial charge on any atom is -0.320 e. The van der Waals surface area contributed by atoms with Gasteiger partial charge < -0.3 is 13.9 Å². The van der Waals surface area contributed by atoms with E-state index in [1.807, 2.05) is 28.1 Å². The Morgan fingerprint density at radius 1 is 0.697 bits per heavy atom. The summed E-state index contributed by atoms with van der Waals surface area (Å²) in [6.07, 6.45) is 28.9. The Labute approximate surface area is 207 Å². The van der Waals surface area contributed by atoms with Gasteiger partial charge in [0.05, 0.1) is 27.7 Å². The molecule has 2 unspecified atom stereocenters. The normalized spacial score (nSPS) is 15.2. The maximum absolute atomic E-state index is 12.5. The molecule has 4 nitrogen and oxygen atoms in total. The van der Waals surface area contributed by atoms with Crippen molar-refractivity contribution in [3.63, 3.8) is 0 Å². The van der Waals surface area contributed by atoms with Crippen LogP contribution in [0.25, 0.3) is 0 Å². The molecule has 0 aromatic carbocycles. The van der Waals surface area contributed by atoms with Gasteiger partial charge in [-0.2, -0.15) is 0 Å². The molecule has 1 N–H and O–H groups in total. The molecule has 0 spiro atoms. The number of quaternary nitrogens is 1. The largest absolute Gasteiger partial charge is 0.385 e. The first-order valence-electron chi connectivity index (χ1n) is 14.2. The van der Waals surface area contributed by atoms with Gasteiger partial charge in [0.1, 0.15) is 0 Å². The van der Waals surface area contributed by atoms with Crippen LogP contribution in [-0.2, 0) is 9.09 Å². The molecule has 198 valence electrons. The molecule has 5 heteroatoms. The maximum atomic E-state index is 12.5. The first kappa shape index (κ1) is 32.8. The second kappa shape index (κ2) is 21.2. The van der Waals surface area contributed by atoms with Crippen LogP contribution in [0.4, 0.5) is 0 Å². The Morgan fingerprint density at radius 2 is 1.09 bits per heavy atom. The van der Waals surface area contributed by atoms with Crippen molar-refractivity contribution in [3.8, 4) is 0 Å². The van der Waals surface area contributed by atoms with Crippen molar-refractivity contribution < 1.29 is 18.5 Å². The van der Waals surface area contributed by atoms with Crippen LogP contribution >= 0.6 is 7.60 Å². The topological polar surface area (TPSA) is 46.5 Å². The van der Waals surface area contributed by atoms with Gasteiger partial charge >= 0.3 is 7.60 Å². The van der Waals surface area contributed by atoms with E-state index in [1.165, 1.54) is 103 Å². The highest BCUT2D eigenvalue weighted by molar-refractivity contribution is 7.53. The molecule has 0 amide bonds. The first-order valence-corrected chi connectivity index (χ1v) is 15.8. The van der Waals surface area contributed by atoms with Crippen LogP contribution in [0, 0.1) is 0 Å². The van der Waals surface area contributed by atoms with Gasteiger partial charge in [0, 0.05) is 6.42 Å². The van der Waals surface area contributed by atoms with Crippen LogP contribution in [0.2, 0.25) is 0 Å². The number of hydrogen-bond donors (Lipinski definition) is 1. The minimum absolute atomic E-state index is 0.350. The smallest absolute Gasteiger partial charge is 0.320 e. The van der Waals surface area contributed by atoms with Crippen molar-refractivity contribution in [2.24, 2.45) is 0 Å². The van der Waals surface area contributed by atoms with E-state index in [0.29, 0.717) is 17.5 Å². The van der Waals surface area contributed by atoms with Crippen LogP contribution in [0.5, 0.6) is 0 Å². The Kier molecular flexibility index (Phi) is 21.1. The van der Waals surface area contributed by atoms with E-state index in [-0.39, 0.29) is 5.78 Å². The Balaban J connectivity index is 3.44. The monoisotopic (exact) mass is 488 g/mol. The zero-order valence-corrected chi connectivity index (χ0v) is 23.9. The van der Waals surface area contributed by atoms with Crippen LogP contribution in [-0.4, -0.2) is 42.9 Å². The standard InChI is InChI=1S/C28H58NO3P/c1-6-8-9-10-11-12-13-14-15-16-17-18-19-20-21-22-23-24-25-26-27-32-33(30,31)28(7-2)29(3,4)5/h17-18,28H,6-16,19-27H2,1-5H3/p+1/b18-17-. The number of hydrogen-bond acceptors (Lipinski definition) is 2. The van der Waals surface area contributed by atoms with E-state index < -0.39 is 7.60 Å². The van der Waals surface area contributed by atoms with E-state index in [1.54, 1.807) is 0 Å². The predicted octanol–water partition coefficient (Wildman–Crippen LogP) is 9.23. The molecule has 0 bridgehead atoms. The lowest BCUT2D eigenvalue weighted by Crippen LogP contribution is -2.44. The molecule has 0 aliphatic carbocycles. The average Bonchev–Trinajstić information content (AvgIpc) is 2.74. The van der Waals surface area contributed by atoms with Gasteiger partial charge in [0.25, 0.3) is 0 Å². The fourth-order valence-electron chi connectivity index (χ4n) is 4.55. The molecule has 0 aromatic rings. The van der Waals surface area contributed by atoms with E-state index in [9.17, 15) is 9.46 Å². The predicted molar refractivity (Wildman–Crippen MR) is 146 cm³/mol. The van der Waals surface area contributed by atoms with Gasteiger partial charge in [-0.3, -0.25) is 4.57 Å². The highest BCUT2D eigenvalue weighted by atomic mass is 31.2. The number of nitrogens with zero attached hydrogens (tertiary/aromatic N) is 1. The van der Waals surface area contributed by atoms with Crippen molar-refractivity contribution >= 4 is 7.60 Å². The van der Waals surface area contributed by atoms with Gasteiger partial charge in [-0.05, 0) is 32.1 Å². The molecule has 0 aromatic heterocycles. The van der Waals surface area contributed by atoms with Gasteiger partial charge in [-0.1, -0.05) is 109 Å². The molecule has 0 saturated heterocycles. The third-order valence-electron chi connectivity index (χ3n) is 6.57. The summed E-state index contributed by atoms with van der Waals surface area (Å²) in [5.41, 5.74) is 0. The zero-order valence-electron chi connectivity index (χ0n) is 23.0. The number of allylic oxidation sites excluding steroid dienone is 2. The van der Waals surface area contributed by atoms with E-state index in [4.69, 9.17) is 4.52 Å². The summed E-state index contributed by atoms with van der Waals surface area (Å²) in [6, 6.07) is 0. The summed E-state index contributed by atoms with van der Waals surface area (Å²) in [5, 5.41) is 0. The van der Waals surface area contributed by atoms with Gasteiger partial charge in [0.2, 0.25) is 0 Å². The Bertz CT molecular complexity index is 502. The highest BCUT2D eigenvalue weighted by Crippen LogP contribution is 2.51. The molecule has 0 saturated carbocycles. The van der Waals surface area contributed by atoms with Crippen molar-refractivity contribution in [2.75, 3.05) is 27.7 Å². The lowest BCUT2D eigenvalue weighted by molar-refractivity contribution is -0.883. The van der Waals surface area contributed by atoms with Crippen LogP contribution in [0.3, 0.4) is 0 Å². The van der Waals surface area contributed by atoms with Crippen molar-refractivity contribution in [1.29, 1.82) is 0 Å². The maximum Gasteiger partial charge on any atom is 0.385 e. The molecular formula is C28H59NO3P+. The van der Waals surface area contributed by atoms with Gasteiger partial charge in [-0.15, -0.1) is 0 Å². The van der Waals surface area contributed by atoms with Crippen LogP contribution in [0.15, 0.2) is 12.2 Å². The molecular weight excluding hydrogens is 429 g/mol. The fourth-order valence-corrected chi connectivity index (χ4v) is 6.45. The van der Waals surface area contributed by atoms with E-state index >= 15 is 0 Å². The second-order valence-corrected chi connectivity index (χ2v) is 12.7. The highest BCUT2D eigenvalue weighted by Gasteiger charge is 2.41. The summed E-state index contributed by atoms with van der Waals surface area (Å²) in [7, 11) is 2.30. The third-order valence-corrected chi connectivity index (χ3v) is 8.93. The molecule has 0 fully saturated rings. The number of unbranched alkanes of at least 4 members (excludes halogenated alkanes) is 16. The van der Waals surface area contributed by atoms with Crippen molar-refractivity contribution in [1.82, 2.24) is 0 Å². The zero-order chi connectivity index (χ0) is 24.8. The van der Waals surface area contributed by atoms with Gasteiger partial charge in [0.15, 0.2) is 5.78 Å². The van der Waals surface area contributed by atoms with Crippen LogP contribution < -0.4 is 0 Å². The van der Waals surface area contributed by atoms with E-state index in [0.717, 1.165) is 12.8 Å². The summed E-state index contributed by atoms with van der Waals surface area (Å²) in [5.74, 6) is -0.350. The Morgan fingerprint density at radius 3 is 1.48 bits per heavy atom. The van der Waals surface area contributed by atoms with Gasteiger partial charge in [-0.25, -0.2) is 0 Å². The fraction of sp³-hybridized carbons (Fsp3) is 0.929. The summed E-state index contributed by atoms with van der Waals surface area (Å²) in [4.78, 5) is 10.3. The quantitative estimate of drug-likeness (QED) is 0.0637. The molecule has 0 heterocycles. The average molecular weight is 489 g/mol. The molecule has 0 rings (SSSR count). The number of rotatable bonds is 24. The second-order valence-electron chi connectivity index (χ2n) is 10.8. The molecule has 0 aliphatic rings. The van der Waals surface area contributed by atoms with E-state index in [2.05, 4.69) is 19.1 Å². The SMILES string of the molecule is CCCCCCCCCCC/C=C\CCCCCCCCCOP(=O)(O)C(CC)[N+](C)(C)C. The Hall–Kier alpha value is -0.150. The third kappa shape index (κ3) is 19.8. The summed E-state index contributed by atoms with van der Waals surface area (Å²) >= 11 is 0.